The molecule has 206 valence electrons. The van der Waals surface area contributed by atoms with Gasteiger partial charge in [-0.25, -0.2) is 9.38 Å². The van der Waals surface area contributed by atoms with E-state index in [-0.39, 0.29) is 17.3 Å². The molecule has 0 aliphatic carbocycles. The quantitative estimate of drug-likeness (QED) is 0.313. The summed E-state index contributed by atoms with van der Waals surface area (Å²) in [6.07, 6.45) is 1.87. The van der Waals surface area contributed by atoms with Crippen LogP contribution in [0.4, 0.5) is 4.39 Å². The molecule has 9 heteroatoms. The second-order valence-electron chi connectivity index (χ2n) is 9.75. The van der Waals surface area contributed by atoms with Gasteiger partial charge in [-0.05, 0) is 94.3 Å². The number of halogens is 2. The molecule has 4 aromatic rings. The van der Waals surface area contributed by atoms with Crippen molar-refractivity contribution in [2.24, 2.45) is 4.99 Å². The van der Waals surface area contributed by atoms with Crippen LogP contribution in [0.15, 0.2) is 75.7 Å². The maximum Gasteiger partial charge on any atom is 0.271 e. The number of aryl methyl sites for hydroxylation is 1. The van der Waals surface area contributed by atoms with Gasteiger partial charge in [0.2, 0.25) is 0 Å². The Balaban J connectivity index is 1.69. The predicted molar refractivity (Wildman–Crippen MR) is 158 cm³/mol. The topological polar surface area (TPSA) is 59.6 Å². The molecule has 0 saturated heterocycles. The number of amides is 1. The van der Waals surface area contributed by atoms with Crippen molar-refractivity contribution in [1.82, 2.24) is 14.0 Å². The lowest BCUT2D eigenvalue weighted by Crippen LogP contribution is -2.43. The third-order valence-electron chi connectivity index (χ3n) is 7.33. The first-order valence-electron chi connectivity index (χ1n) is 13.2. The zero-order chi connectivity index (χ0) is 28.7. The van der Waals surface area contributed by atoms with E-state index in [4.69, 9.17) is 16.6 Å². The number of rotatable bonds is 6. The number of carbonyl (C=O) groups excluding carboxylic acids is 1. The van der Waals surface area contributed by atoms with Crippen molar-refractivity contribution in [1.29, 1.82) is 0 Å². The van der Waals surface area contributed by atoms with Crippen LogP contribution in [0.5, 0.6) is 0 Å². The monoisotopic (exact) mass is 576 g/mol. The van der Waals surface area contributed by atoms with Crippen LogP contribution in [-0.2, 0) is 4.79 Å². The average molecular weight is 577 g/mol. The lowest BCUT2D eigenvalue weighted by atomic mass is 9.94. The number of nitrogens with zero attached hydrogens (tertiary/aromatic N) is 4. The normalized spacial score (nSPS) is 15.3. The molecule has 0 bridgehead atoms. The van der Waals surface area contributed by atoms with Gasteiger partial charge in [-0.2, -0.15) is 0 Å². The molecule has 2 aromatic heterocycles. The number of benzene rings is 2. The smallest absolute Gasteiger partial charge is 0.271 e. The molecule has 6 nitrogen and oxygen atoms in total. The number of allylic oxidation sites excluding steroid dienone is 1. The highest BCUT2D eigenvalue weighted by atomic mass is 35.5. The summed E-state index contributed by atoms with van der Waals surface area (Å²) in [5, 5.41) is 0.574. The standard InChI is InChI=1S/C31H30ClFN4O2S/c1-6-35(7-2)30(39)27-19(4)34-31-37(28(27)21-8-10-23(32)11-9-21)29(38)26(40-31)17-22-16-18(3)36(20(22)5)25-14-12-24(33)13-15-25/h8-17,28H,6-7H2,1-5H3/b26-17+/t28-/m1/s1. The van der Waals surface area contributed by atoms with E-state index in [0.29, 0.717) is 38.7 Å². The first-order chi connectivity index (χ1) is 19.1. The minimum atomic E-state index is -0.629. The zero-order valence-corrected chi connectivity index (χ0v) is 24.6. The van der Waals surface area contributed by atoms with Crippen molar-refractivity contribution in [3.63, 3.8) is 0 Å². The van der Waals surface area contributed by atoms with Crippen molar-refractivity contribution >= 4 is 34.9 Å². The Bertz CT molecular complexity index is 1810. The van der Waals surface area contributed by atoms with E-state index in [1.807, 2.05) is 63.5 Å². The Labute approximate surface area is 241 Å². The van der Waals surface area contributed by atoms with Crippen molar-refractivity contribution in [2.45, 2.75) is 40.7 Å². The Kier molecular flexibility index (Phi) is 7.66. The summed E-state index contributed by atoms with van der Waals surface area (Å²) in [7, 11) is 0. The van der Waals surface area contributed by atoms with Crippen molar-refractivity contribution in [3.8, 4) is 5.69 Å². The second kappa shape index (κ2) is 11.0. The average Bonchev–Trinajstić information content (AvgIpc) is 3.39. The lowest BCUT2D eigenvalue weighted by molar-refractivity contribution is -0.127. The van der Waals surface area contributed by atoms with Gasteiger partial charge >= 0.3 is 0 Å². The fourth-order valence-electron chi connectivity index (χ4n) is 5.30. The summed E-state index contributed by atoms with van der Waals surface area (Å²) in [6, 6.07) is 15.0. The minimum absolute atomic E-state index is 0.136. The van der Waals surface area contributed by atoms with E-state index in [2.05, 4.69) is 0 Å². The van der Waals surface area contributed by atoms with Crippen molar-refractivity contribution in [3.05, 3.63) is 119 Å². The lowest BCUT2D eigenvalue weighted by Gasteiger charge is -2.29. The Morgan fingerprint density at radius 3 is 2.35 bits per heavy atom. The number of hydrogen-bond donors (Lipinski definition) is 0. The molecule has 1 amide bonds. The van der Waals surface area contributed by atoms with E-state index >= 15 is 0 Å². The molecule has 2 aromatic carbocycles. The molecule has 0 fully saturated rings. The molecule has 0 radical (unpaired) electrons. The SMILES string of the molecule is CCN(CC)C(=O)C1=C(C)N=c2s/c(=C/c3cc(C)n(-c4ccc(F)cc4)c3C)c(=O)n2[C@@H]1c1ccc(Cl)cc1. The number of hydrogen-bond acceptors (Lipinski definition) is 4. The summed E-state index contributed by atoms with van der Waals surface area (Å²) < 4.78 is 17.7. The fraction of sp³-hybridized carbons (Fsp3) is 0.258. The van der Waals surface area contributed by atoms with E-state index in [9.17, 15) is 14.0 Å². The number of thiazole rings is 1. The highest BCUT2D eigenvalue weighted by Gasteiger charge is 2.34. The van der Waals surface area contributed by atoms with Crippen LogP contribution in [0, 0.1) is 19.7 Å². The third-order valence-corrected chi connectivity index (χ3v) is 8.57. The van der Waals surface area contributed by atoms with Crippen LogP contribution in [0.3, 0.4) is 0 Å². The molecule has 1 aliphatic heterocycles. The van der Waals surface area contributed by atoms with Gasteiger partial charge in [-0.15, -0.1) is 0 Å². The van der Waals surface area contributed by atoms with Crippen molar-refractivity contribution in [2.75, 3.05) is 13.1 Å². The molecular formula is C31H30ClFN4O2S. The van der Waals surface area contributed by atoms with Crippen LogP contribution in [0.1, 0.15) is 49.3 Å². The number of fused-ring (bicyclic) bond motifs is 1. The first-order valence-corrected chi connectivity index (χ1v) is 14.4. The molecule has 40 heavy (non-hydrogen) atoms. The molecule has 3 heterocycles. The van der Waals surface area contributed by atoms with Gasteiger partial charge in [-0.1, -0.05) is 35.1 Å². The van der Waals surface area contributed by atoms with Crippen LogP contribution in [0.2, 0.25) is 5.02 Å². The predicted octanol–water partition coefficient (Wildman–Crippen LogP) is 5.30. The summed E-state index contributed by atoms with van der Waals surface area (Å²) in [4.78, 5) is 34.8. The van der Waals surface area contributed by atoms with Gasteiger partial charge in [0.15, 0.2) is 4.80 Å². The second-order valence-corrected chi connectivity index (χ2v) is 11.2. The molecule has 0 unspecified atom stereocenters. The van der Waals surface area contributed by atoms with Crippen LogP contribution >= 0.6 is 22.9 Å². The van der Waals surface area contributed by atoms with Gasteiger partial charge in [-0.3, -0.25) is 14.2 Å². The van der Waals surface area contributed by atoms with Crippen LogP contribution in [-0.4, -0.2) is 33.0 Å². The highest BCUT2D eigenvalue weighted by Crippen LogP contribution is 2.32. The zero-order valence-electron chi connectivity index (χ0n) is 23.0. The number of carbonyl (C=O) groups is 1. The Morgan fingerprint density at radius 1 is 1.07 bits per heavy atom. The summed E-state index contributed by atoms with van der Waals surface area (Å²) in [6.45, 7) is 10.7. The first kappa shape index (κ1) is 27.8. The van der Waals surface area contributed by atoms with Crippen molar-refractivity contribution < 1.29 is 9.18 Å². The summed E-state index contributed by atoms with van der Waals surface area (Å²) in [5.41, 5.74) is 5.27. The largest absolute Gasteiger partial charge is 0.339 e. The minimum Gasteiger partial charge on any atom is -0.339 e. The van der Waals surface area contributed by atoms with Gasteiger partial charge < -0.3 is 9.47 Å². The number of likely N-dealkylation sites (N-methyl/N-ethyl adjacent to an activating group) is 1. The summed E-state index contributed by atoms with van der Waals surface area (Å²) >= 11 is 7.48. The van der Waals surface area contributed by atoms with E-state index < -0.39 is 6.04 Å². The molecule has 0 saturated carbocycles. The Hall–Kier alpha value is -3.75. The molecular weight excluding hydrogens is 547 g/mol. The molecule has 0 N–H and O–H groups in total. The number of aromatic nitrogens is 2. The third kappa shape index (κ3) is 4.86. The summed E-state index contributed by atoms with van der Waals surface area (Å²) in [5.74, 6) is -0.430. The maximum atomic E-state index is 14.0. The van der Waals surface area contributed by atoms with Gasteiger partial charge in [0.1, 0.15) is 5.82 Å². The Morgan fingerprint density at radius 2 is 1.73 bits per heavy atom. The van der Waals surface area contributed by atoms with Crippen LogP contribution < -0.4 is 14.9 Å². The van der Waals surface area contributed by atoms with Gasteiger partial charge in [0.05, 0.1) is 21.8 Å². The fourth-order valence-corrected chi connectivity index (χ4v) is 6.46. The van der Waals surface area contributed by atoms with Gasteiger partial charge in [0.25, 0.3) is 11.5 Å². The highest BCUT2D eigenvalue weighted by molar-refractivity contribution is 7.07. The maximum absolute atomic E-state index is 14.0. The molecule has 5 rings (SSSR count). The molecule has 0 spiro atoms. The molecule has 1 aliphatic rings. The van der Waals surface area contributed by atoms with Crippen LogP contribution in [0.25, 0.3) is 11.8 Å². The van der Waals surface area contributed by atoms with E-state index in [1.54, 1.807) is 33.7 Å². The van der Waals surface area contributed by atoms with Gasteiger partial charge in [0, 0.05) is 35.2 Å². The van der Waals surface area contributed by atoms with E-state index in [1.165, 1.54) is 23.5 Å². The van der Waals surface area contributed by atoms with E-state index in [0.717, 1.165) is 28.2 Å². The molecule has 1 atom stereocenters.